The number of anilines is 1. The topological polar surface area (TPSA) is 81.9 Å². The second-order valence-electron chi connectivity index (χ2n) is 6.17. The summed E-state index contributed by atoms with van der Waals surface area (Å²) in [5.41, 5.74) is 2.25. The Hall–Kier alpha value is -3.71. The first kappa shape index (κ1) is 18.6. The number of carbonyl (C=O) groups is 1. The van der Waals surface area contributed by atoms with Crippen LogP contribution < -0.4 is 10.1 Å². The average Bonchev–Trinajstić information content (AvgIpc) is 3.26. The zero-order valence-electron chi connectivity index (χ0n) is 15.2. The Bertz CT molecular complexity index is 1110. The summed E-state index contributed by atoms with van der Waals surface area (Å²) in [4.78, 5) is 12.5. The number of benzene rings is 3. The van der Waals surface area contributed by atoms with E-state index in [0.29, 0.717) is 22.2 Å². The fraction of sp³-hybridized carbons (Fsp3) is 0.0476. The van der Waals surface area contributed by atoms with E-state index in [-0.39, 0.29) is 12.3 Å². The van der Waals surface area contributed by atoms with Crippen molar-refractivity contribution in [1.29, 1.82) is 0 Å². The third-order valence-corrected chi connectivity index (χ3v) is 4.44. The van der Waals surface area contributed by atoms with Crippen molar-refractivity contribution in [2.75, 3.05) is 5.32 Å². The monoisotopic (exact) mass is 405 g/mol. The molecule has 29 heavy (non-hydrogen) atoms. The minimum Gasteiger partial charge on any atom is -0.454 e. The lowest BCUT2D eigenvalue weighted by Gasteiger charge is -2.13. The zero-order chi connectivity index (χ0) is 20.1. The van der Waals surface area contributed by atoms with E-state index in [4.69, 9.17) is 16.3 Å². The predicted octanol–water partition coefficient (Wildman–Crippen LogP) is 4.29. The first-order chi connectivity index (χ1) is 14.2. The van der Waals surface area contributed by atoms with Crippen LogP contribution in [-0.2, 0) is 11.2 Å². The third-order valence-electron chi connectivity index (χ3n) is 4.13. The Labute approximate surface area is 171 Å². The van der Waals surface area contributed by atoms with Crippen LogP contribution in [0.5, 0.6) is 11.5 Å². The molecule has 3 aromatic carbocycles. The lowest BCUT2D eigenvalue weighted by atomic mass is 10.1. The van der Waals surface area contributed by atoms with Crippen LogP contribution in [0.25, 0.3) is 5.69 Å². The normalized spacial score (nSPS) is 10.5. The molecule has 0 spiro atoms. The number of hydrogen-bond acceptors (Lipinski definition) is 5. The van der Waals surface area contributed by atoms with Crippen molar-refractivity contribution in [3.63, 3.8) is 0 Å². The number of nitrogens with one attached hydrogen (secondary N) is 1. The van der Waals surface area contributed by atoms with E-state index in [2.05, 4.69) is 20.8 Å². The molecule has 1 heterocycles. The van der Waals surface area contributed by atoms with E-state index in [0.717, 1.165) is 11.3 Å². The highest BCUT2D eigenvalue weighted by molar-refractivity contribution is 6.32. The van der Waals surface area contributed by atoms with Crippen LogP contribution in [0.4, 0.5) is 5.69 Å². The summed E-state index contributed by atoms with van der Waals surface area (Å²) in [6.07, 6.45) is 1.73. The zero-order valence-corrected chi connectivity index (χ0v) is 16.0. The maximum absolute atomic E-state index is 12.5. The second-order valence-corrected chi connectivity index (χ2v) is 6.58. The van der Waals surface area contributed by atoms with Gasteiger partial charge in [0.15, 0.2) is 5.75 Å². The van der Waals surface area contributed by atoms with Gasteiger partial charge < -0.3 is 10.1 Å². The molecular formula is C21H16ClN5O2. The molecule has 7 nitrogen and oxygen atoms in total. The number of amides is 1. The van der Waals surface area contributed by atoms with E-state index in [1.807, 2.05) is 48.5 Å². The molecule has 4 rings (SSSR count). The van der Waals surface area contributed by atoms with Crippen LogP contribution in [0.15, 0.2) is 79.1 Å². The van der Waals surface area contributed by atoms with E-state index in [1.54, 1.807) is 28.9 Å². The molecule has 0 aliphatic rings. The van der Waals surface area contributed by atoms with Crippen LogP contribution in [0.1, 0.15) is 5.56 Å². The lowest BCUT2D eigenvalue weighted by Crippen LogP contribution is -2.15. The van der Waals surface area contributed by atoms with Crippen molar-refractivity contribution in [3.05, 3.63) is 89.7 Å². The maximum Gasteiger partial charge on any atom is 0.228 e. The van der Waals surface area contributed by atoms with Crippen molar-refractivity contribution >= 4 is 23.2 Å². The minimum absolute atomic E-state index is 0.157. The summed E-state index contributed by atoms with van der Waals surface area (Å²) in [6.45, 7) is 0. The van der Waals surface area contributed by atoms with E-state index in [9.17, 15) is 4.79 Å². The Morgan fingerprint density at radius 2 is 1.69 bits per heavy atom. The van der Waals surface area contributed by atoms with Crippen LogP contribution in [0.2, 0.25) is 5.02 Å². The van der Waals surface area contributed by atoms with Gasteiger partial charge in [-0.3, -0.25) is 4.79 Å². The summed E-state index contributed by atoms with van der Waals surface area (Å²) in [7, 11) is 0. The van der Waals surface area contributed by atoms with Crippen molar-refractivity contribution in [1.82, 2.24) is 20.2 Å². The standard InChI is InChI=1S/C21H16ClN5O2/c22-17-5-1-3-7-19(17)29-20-8-4-2-6-18(20)24-21(28)13-15-9-11-16(12-10-15)27-14-23-25-26-27/h1-12,14H,13H2,(H,24,28). The quantitative estimate of drug-likeness (QED) is 0.517. The number of tetrazole rings is 1. The van der Waals surface area contributed by atoms with Gasteiger partial charge in [-0.15, -0.1) is 5.10 Å². The smallest absolute Gasteiger partial charge is 0.228 e. The fourth-order valence-corrected chi connectivity index (χ4v) is 2.91. The molecule has 0 saturated heterocycles. The van der Waals surface area contributed by atoms with Gasteiger partial charge in [-0.2, -0.15) is 0 Å². The molecule has 1 N–H and O–H groups in total. The molecule has 0 aliphatic heterocycles. The molecule has 0 unspecified atom stereocenters. The largest absolute Gasteiger partial charge is 0.454 e. The van der Waals surface area contributed by atoms with Gasteiger partial charge in [0.1, 0.15) is 12.1 Å². The van der Waals surface area contributed by atoms with Crippen molar-refractivity contribution < 1.29 is 9.53 Å². The Morgan fingerprint density at radius 1 is 0.966 bits per heavy atom. The summed E-state index contributed by atoms with van der Waals surface area (Å²) in [5, 5.41) is 14.4. The fourth-order valence-electron chi connectivity index (χ4n) is 2.73. The van der Waals surface area contributed by atoms with Gasteiger partial charge in [-0.1, -0.05) is 48.0 Å². The number of aromatic nitrogens is 4. The first-order valence-corrected chi connectivity index (χ1v) is 9.20. The first-order valence-electron chi connectivity index (χ1n) is 8.82. The van der Waals surface area contributed by atoms with Gasteiger partial charge in [0.05, 0.1) is 22.8 Å². The maximum atomic E-state index is 12.5. The number of rotatable bonds is 6. The van der Waals surface area contributed by atoms with Crippen LogP contribution >= 0.6 is 11.6 Å². The summed E-state index contributed by atoms with van der Waals surface area (Å²) < 4.78 is 7.43. The molecule has 0 bridgehead atoms. The Kier molecular flexibility index (Phi) is 5.49. The highest BCUT2D eigenvalue weighted by atomic mass is 35.5. The molecule has 4 aromatic rings. The lowest BCUT2D eigenvalue weighted by molar-refractivity contribution is -0.115. The van der Waals surface area contributed by atoms with Crippen molar-refractivity contribution in [2.45, 2.75) is 6.42 Å². The molecule has 8 heteroatoms. The van der Waals surface area contributed by atoms with E-state index in [1.165, 1.54) is 6.33 Å². The molecule has 0 aliphatic carbocycles. The highest BCUT2D eigenvalue weighted by Crippen LogP contribution is 2.33. The molecule has 1 amide bonds. The molecule has 0 radical (unpaired) electrons. The van der Waals surface area contributed by atoms with Gasteiger partial charge in [-0.25, -0.2) is 4.68 Å². The highest BCUT2D eigenvalue weighted by Gasteiger charge is 2.11. The van der Waals surface area contributed by atoms with E-state index >= 15 is 0 Å². The third kappa shape index (κ3) is 4.59. The molecule has 1 aromatic heterocycles. The van der Waals surface area contributed by atoms with Crippen molar-refractivity contribution in [2.24, 2.45) is 0 Å². The Balaban J connectivity index is 1.44. The van der Waals surface area contributed by atoms with E-state index < -0.39 is 0 Å². The number of para-hydroxylation sites is 3. The van der Waals surface area contributed by atoms with Gasteiger partial charge >= 0.3 is 0 Å². The summed E-state index contributed by atoms with van der Waals surface area (Å²) in [6, 6.07) is 21.8. The molecule has 0 atom stereocenters. The summed E-state index contributed by atoms with van der Waals surface area (Å²) >= 11 is 6.16. The number of carbonyl (C=O) groups excluding carboxylic acids is 1. The van der Waals surface area contributed by atoms with Gasteiger partial charge in [0.2, 0.25) is 5.91 Å². The summed E-state index contributed by atoms with van der Waals surface area (Å²) in [5.74, 6) is 0.882. The molecular weight excluding hydrogens is 390 g/mol. The average molecular weight is 406 g/mol. The number of nitrogens with zero attached hydrogens (tertiary/aromatic N) is 4. The minimum atomic E-state index is -0.157. The Morgan fingerprint density at radius 3 is 2.41 bits per heavy atom. The van der Waals surface area contributed by atoms with Crippen LogP contribution in [-0.4, -0.2) is 26.1 Å². The molecule has 0 fully saturated rings. The SMILES string of the molecule is O=C(Cc1ccc(-n2cnnn2)cc1)Nc1ccccc1Oc1ccccc1Cl. The molecule has 0 saturated carbocycles. The molecule has 144 valence electrons. The van der Waals surface area contributed by atoms with Gasteiger partial charge in [0, 0.05) is 0 Å². The second kappa shape index (κ2) is 8.53. The van der Waals surface area contributed by atoms with Gasteiger partial charge in [-0.05, 0) is 52.4 Å². The predicted molar refractivity (Wildman–Crippen MR) is 109 cm³/mol. The van der Waals surface area contributed by atoms with Gasteiger partial charge in [0.25, 0.3) is 0 Å². The number of hydrogen-bond donors (Lipinski definition) is 1. The number of ether oxygens (including phenoxy) is 1. The number of halogens is 1. The van der Waals surface area contributed by atoms with Crippen LogP contribution in [0, 0.1) is 0 Å². The van der Waals surface area contributed by atoms with Crippen molar-refractivity contribution in [3.8, 4) is 17.2 Å². The van der Waals surface area contributed by atoms with Crippen LogP contribution in [0.3, 0.4) is 0 Å².